The Hall–Kier alpha value is -2.83. The quantitative estimate of drug-likeness (QED) is 0.466. The van der Waals surface area contributed by atoms with Crippen molar-refractivity contribution in [1.29, 1.82) is 0 Å². The van der Waals surface area contributed by atoms with E-state index in [9.17, 15) is 13.2 Å². The van der Waals surface area contributed by atoms with Gasteiger partial charge in [-0.3, -0.25) is 9.10 Å². The minimum absolute atomic E-state index is 0.103. The molecular formula is C25H27ClN2O3S. The van der Waals surface area contributed by atoms with Crippen LogP contribution in [0.1, 0.15) is 36.5 Å². The summed E-state index contributed by atoms with van der Waals surface area (Å²) in [5.74, 6) is -0.232. The Kier molecular flexibility index (Phi) is 7.26. The Morgan fingerprint density at radius 3 is 2.28 bits per heavy atom. The number of para-hydroxylation sites is 1. The van der Waals surface area contributed by atoms with Crippen molar-refractivity contribution in [1.82, 2.24) is 0 Å². The summed E-state index contributed by atoms with van der Waals surface area (Å²) < 4.78 is 28.2. The molecule has 0 aliphatic carbocycles. The van der Waals surface area contributed by atoms with Crippen molar-refractivity contribution in [3.05, 3.63) is 88.4 Å². The van der Waals surface area contributed by atoms with Gasteiger partial charge in [-0.15, -0.1) is 0 Å². The highest BCUT2D eigenvalue weighted by Crippen LogP contribution is 2.32. The molecule has 0 bridgehead atoms. The number of rotatable bonds is 7. The van der Waals surface area contributed by atoms with Gasteiger partial charge in [0.15, 0.2) is 0 Å². The van der Waals surface area contributed by atoms with Gasteiger partial charge in [0.1, 0.15) is 6.54 Å². The average Bonchev–Trinajstić information content (AvgIpc) is 2.76. The van der Waals surface area contributed by atoms with Crippen molar-refractivity contribution in [2.75, 3.05) is 16.2 Å². The summed E-state index contributed by atoms with van der Waals surface area (Å²) in [5, 5.41) is 3.37. The van der Waals surface area contributed by atoms with Crippen LogP contribution in [0.25, 0.3) is 0 Å². The van der Waals surface area contributed by atoms with Crippen LogP contribution >= 0.6 is 11.6 Å². The third-order valence-electron chi connectivity index (χ3n) is 5.32. The number of hydrogen-bond acceptors (Lipinski definition) is 3. The summed E-state index contributed by atoms with van der Waals surface area (Å²) in [4.78, 5) is 13.2. The molecule has 0 aromatic heterocycles. The van der Waals surface area contributed by atoms with Crippen molar-refractivity contribution in [3.63, 3.8) is 0 Å². The lowest BCUT2D eigenvalue weighted by atomic mass is 9.98. The van der Waals surface area contributed by atoms with Crippen LogP contribution in [-0.2, 0) is 14.8 Å². The molecule has 3 rings (SSSR count). The first-order chi connectivity index (χ1) is 15.1. The maximum Gasteiger partial charge on any atom is 0.264 e. The van der Waals surface area contributed by atoms with Crippen LogP contribution in [0, 0.1) is 13.8 Å². The smallest absolute Gasteiger partial charge is 0.264 e. The molecule has 0 fully saturated rings. The maximum absolute atomic E-state index is 13.5. The Labute approximate surface area is 195 Å². The number of nitrogens with one attached hydrogen (secondary N) is 1. The van der Waals surface area contributed by atoms with E-state index >= 15 is 0 Å². The number of aryl methyl sites for hydroxylation is 1. The first kappa shape index (κ1) is 23.8. The van der Waals surface area contributed by atoms with Crippen LogP contribution in [0.2, 0.25) is 5.02 Å². The molecule has 0 saturated carbocycles. The molecular weight excluding hydrogens is 444 g/mol. The van der Waals surface area contributed by atoms with Crippen LogP contribution in [0.4, 0.5) is 11.4 Å². The Bertz CT molecular complexity index is 1230. The maximum atomic E-state index is 13.5. The van der Waals surface area contributed by atoms with Gasteiger partial charge in [0.05, 0.1) is 10.6 Å². The number of halogens is 1. The zero-order valence-corrected chi connectivity index (χ0v) is 20.2. The topological polar surface area (TPSA) is 66.5 Å². The highest BCUT2D eigenvalue weighted by atomic mass is 35.5. The number of carbonyl (C=O) groups is 1. The molecule has 0 spiro atoms. The van der Waals surface area contributed by atoms with Crippen LogP contribution in [0.15, 0.2) is 71.6 Å². The van der Waals surface area contributed by atoms with Gasteiger partial charge < -0.3 is 5.32 Å². The number of sulfonamides is 1. The number of anilines is 2. The van der Waals surface area contributed by atoms with Crippen LogP contribution in [-0.4, -0.2) is 20.9 Å². The summed E-state index contributed by atoms with van der Waals surface area (Å²) in [6.45, 7) is 7.37. The Balaban J connectivity index is 2.03. The minimum atomic E-state index is -4.00. The molecule has 168 valence electrons. The SMILES string of the molecule is Cc1cccc(C(C)C)c1NC(=O)CN(c1cccc(Cl)c1C)S(=O)(=O)c1ccccc1. The van der Waals surface area contributed by atoms with E-state index in [0.29, 0.717) is 22.0 Å². The standard InChI is InChI=1S/C25H27ClN2O3S/c1-17(2)21-13-8-10-18(3)25(21)27-24(29)16-28(23-15-9-14-22(26)19(23)4)32(30,31)20-11-6-5-7-12-20/h5-15,17H,16H2,1-4H3,(H,27,29). The van der Waals surface area contributed by atoms with Crippen LogP contribution in [0.3, 0.4) is 0 Å². The normalized spacial score (nSPS) is 11.4. The minimum Gasteiger partial charge on any atom is -0.324 e. The molecule has 0 aliphatic heterocycles. The zero-order valence-electron chi connectivity index (χ0n) is 18.6. The number of nitrogens with zero attached hydrogens (tertiary/aromatic N) is 1. The number of benzene rings is 3. The van der Waals surface area contributed by atoms with E-state index in [1.165, 1.54) is 12.1 Å². The van der Waals surface area contributed by atoms with E-state index in [4.69, 9.17) is 11.6 Å². The third kappa shape index (κ3) is 4.97. The Morgan fingerprint density at radius 1 is 0.969 bits per heavy atom. The molecule has 32 heavy (non-hydrogen) atoms. The molecule has 3 aromatic rings. The van der Waals surface area contributed by atoms with Crippen molar-refractivity contribution in [2.45, 2.75) is 38.5 Å². The van der Waals surface area contributed by atoms with E-state index in [0.717, 1.165) is 15.4 Å². The van der Waals surface area contributed by atoms with E-state index in [1.54, 1.807) is 43.3 Å². The molecule has 5 nitrogen and oxygen atoms in total. The number of amides is 1. The average molecular weight is 471 g/mol. The molecule has 1 amide bonds. The van der Waals surface area contributed by atoms with Gasteiger partial charge >= 0.3 is 0 Å². The largest absolute Gasteiger partial charge is 0.324 e. The molecule has 0 atom stereocenters. The summed E-state index contributed by atoms with van der Waals surface area (Å²) in [6.07, 6.45) is 0. The molecule has 0 radical (unpaired) electrons. The highest BCUT2D eigenvalue weighted by molar-refractivity contribution is 7.92. The molecule has 0 heterocycles. The molecule has 0 aliphatic rings. The van der Waals surface area contributed by atoms with Gasteiger partial charge in [-0.25, -0.2) is 8.42 Å². The van der Waals surface area contributed by atoms with Gasteiger partial charge in [0.25, 0.3) is 10.0 Å². The van der Waals surface area contributed by atoms with Gasteiger partial charge in [0, 0.05) is 10.7 Å². The van der Waals surface area contributed by atoms with Crippen LogP contribution < -0.4 is 9.62 Å². The summed E-state index contributed by atoms with van der Waals surface area (Å²) in [5.41, 5.74) is 3.58. The highest BCUT2D eigenvalue weighted by Gasteiger charge is 2.29. The lowest BCUT2D eigenvalue weighted by molar-refractivity contribution is -0.114. The molecule has 1 N–H and O–H groups in total. The van der Waals surface area contributed by atoms with E-state index in [-0.39, 0.29) is 17.4 Å². The van der Waals surface area contributed by atoms with Crippen molar-refractivity contribution < 1.29 is 13.2 Å². The zero-order chi connectivity index (χ0) is 23.5. The summed E-state index contributed by atoms with van der Waals surface area (Å²) >= 11 is 6.27. The second-order valence-electron chi connectivity index (χ2n) is 7.95. The van der Waals surface area contributed by atoms with Crippen molar-refractivity contribution >= 4 is 38.9 Å². The molecule has 7 heteroatoms. The predicted molar refractivity (Wildman–Crippen MR) is 131 cm³/mol. The first-order valence-corrected chi connectivity index (χ1v) is 12.2. The van der Waals surface area contributed by atoms with Gasteiger partial charge in [0.2, 0.25) is 5.91 Å². The number of carbonyl (C=O) groups excluding carboxylic acids is 1. The van der Waals surface area contributed by atoms with Crippen molar-refractivity contribution in [3.8, 4) is 0 Å². The lowest BCUT2D eigenvalue weighted by Gasteiger charge is -2.26. The Morgan fingerprint density at radius 2 is 1.62 bits per heavy atom. The van der Waals surface area contributed by atoms with E-state index in [2.05, 4.69) is 5.32 Å². The first-order valence-electron chi connectivity index (χ1n) is 10.3. The summed E-state index contributed by atoms with van der Waals surface area (Å²) in [6, 6.07) is 18.9. The second kappa shape index (κ2) is 9.76. The fourth-order valence-corrected chi connectivity index (χ4v) is 5.21. The van der Waals surface area contributed by atoms with Gasteiger partial charge in [-0.1, -0.05) is 67.9 Å². The second-order valence-corrected chi connectivity index (χ2v) is 10.2. The predicted octanol–water partition coefficient (Wildman–Crippen LogP) is 5.91. The molecule has 3 aromatic carbocycles. The third-order valence-corrected chi connectivity index (χ3v) is 7.50. The molecule has 0 unspecified atom stereocenters. The van der Waals surface area contributed by atoms with Gasteiger partial charge in [-0.2, -0.15) is 0 Å². The fraction of sp³-hybridized carbons (Fsp3) is 0.240. The van der Waals surface area contributed by atoms with Gasteiger partial charge in [-0.05, 0) is 60.7 Å². The van der Waals surface area contributed by atoms with E-state index < -0.39 is 15.9 Å². The molecule has 0 saturated heterocycles. The summed E-state index contributed by atoms with van der Waals surface area (Å²) in [7, 11) is -4.00. The monoisotopic (exact) mass is 470 g/mol. The van der Waals surface area contributed by atoms with Crippen LogP contribution in [0.5, 0.6) is 0 Å². The van der Waals surface area contributed by atoms with Crippen molar-refractivity contribution in [2.24, 2.45) is 0 Å². The fourth-order valence-electron chi connectivity index (χ4n) is 3.54. The lowest BCUT2D eigenvalue weighted by Crippen LogP contribution is -2.38. The number of hydrogen-bond donors (Lipinski definition) is 1. The van der Waals surface area contributed by atoms with E-state index in [1.807, 2.05) is 39.0 Å².